The maximum atomic E-state index is 12.2. The second-order valence-corrected chi connectivity index (χ2v) is 8.68. The van der Waals surface area contributed by atoms with E-state index < -0.39 is 12.1 Å². The van der Waals surface area contributed by atoms with E-state index in [0.29, 0.717) is 13.0 Å². The number of esters is 1. The van der Waals surface area contributed by atoms with E-state index in [1.54, 1.807) is 0 Å². The SMILES string of the molecule is C[C@H](NC(=O)COC(=O)[C@H]1CCCO1)C12CC3CC(CC(C3)C1)C2. The minimum atomic E-state index is -0.474. The predicted octanol–water partition coefficient (Wildman–Crippen LogP) is 2.43. The number of carbonyl (C=O) groups excluding carboxylic acids is 2. The van der Waals surface area contributed by atoms with Crippen LogP contribution in [0.4, 0.5) is 0 Å². The van der Waals surface area contributed by atoms with Crippen molar-refractivity contribution in [3.05, 3.63) is 0 Å². The summed E-state index contributed by atoms with van der Waals surface area (Å²) in [6, 6.07) is 0.167. The van der Waals surface area contributed by atoms with Crippen molar-refractivity contribution in [2.75, 3.05) is 13.2 Å². The number of carbonyl (C=O) groups is 2. The van der Waals surface area contributed by atoms with Crippen molar-refractivity contribution < 1.29 is 19.1 Å². The maximum Gasteiger partial charge on any atom is 0.335 e. The van der Waals surface area contributed by atoms with Gasteiger partial charge in [0.2, 0.25) is 0 Å². The van der Waals surface area contributed by atoms with E-state index in [2.05, 4.69) is 12.2 Å². The van der Waals surface area contributed by atoms with Crippen LogP contribution in [0.5, 0.6) is 0 Å². The molecule has 1 amide bonds. The molecule has 1 N–H and O–H groups in total. The largest absolute Gasteiger partial charge is 0.454 e. The number of amides is 1. The molecular formula is C19H29NO4. The molecule has 1 aliphatic heterocycles. The third-order valence-electron chi connectivity index (χ3n) is 6.92. The van der Waals surface area contributed by atoms with Crippen molar-refractivity contribution in [3.63, 3.8) is 0 Å². The smallest absolute Gasteiger partial charge is 0.335 e. The van der Waals surface area contributed by atoms with Gasteiger partial charge in [0.1, 0.15) is 0 Å². The van der Waals surface area contributed by atoms with Crippen molar-refractivity contribution in [1.29, 1.82) is 0 Å². The molecule has 0 aromatic carbocycles. The highest BCUT2D eigenvalue weighted by atomic mass is 16.6. The standard InChI is InChI=1S/C19H29NO4/c1-12(19-8-13-5-14(9-19)7-15(6-13)10-19)20-17(21)11-24-18(22)16-3-2-4-23-16/h12-16H,2-11H2,1H3,(H,20,21)/t12-,13?,14?,15?,16+,19?/m0/s1. The molecule has 5 nitrogen and oxygen atoms in total. The topological polar surface area (TPSA) is 64.6 Å². The molecule has 1 saturated heterocycles. The first kappa shape index (κ1) is 16.4. The van der Waals surface area contributed by atoms with Gasteiger partial charge in [-0.2, -0.15) is 0 Å². The Morgan fingerprint density at radius 2 is 1.79 bits per heavy atom. The number of rotatable bonds is 5. The first-order chi connectivity index (χ1) is 11.5. The van der Waals surface area contributed by atoms with Gasteiger partial charge in [-0.25, -0.2) is 4.79 Å². The van der Waals surface area contributed by atoms with E-state index in [1.807, 2.05) is 0 Å². The second-order valence-electron chi connectivity index (χ2n) is 8.68. The van der Waals surface area contributed by atoms with E-state index in [-0.39, 0.29) is 24.0 Å². The van der Waals surface area contributed by atoms with E-state index >= 15 is 0 Å². The zero-order valence-electron chi connectivity index (χ0n) is 14.6. The lowest BCUT2D eigenvalue weighted by Crippen LogP contribution is -2.56. The van der Waals surface area contributed by atoms with Gasteiger partial charge < -0.3 is 14.8 Å². The zero-order chi connectivity index (χ0) is 16.7. The molecule has 4 bridgehead atoms. The molecule has 5 fully saturated rings. The third kappa shape index (κ3) is 3.07. The van der Waals surface area contributed by atoms with E-state index in [0.717, 1.165) is 24.2 Å². The minimum absolute atomic E-state index is 0.167. The normalized spacial score (nSPS) is 41.2. The third-order valence-corrected chi connectivity index (χ3v) is 6.92. The first-order valence-corrected chi connectivity index (χ1v) is 9.62. The van der Waals surface area contributed by atoms with Gasteiger partial charge in [-0.3, -0.25) is 4.79 Å². The summed E-state index contributed by atoms with van der Waals surface area (Å²) >= 11 is 0. The van der Waals surface area contributed by atoms with Crippen molar-refractivity contribution in [1.82, 2.24) is 5.32 Å². The van der Waals surface area contributed by atoms with Gasteiger partial charge >= 0.3 is 5.97 Å². The highest BCUT2D eigenvalue weighted by Gasteiger charge is 2.53. The minimum Gasteiger partial charge on any atom is -0.454 e. The molecule has 0 radical (unpaired) electrons. The van der Waals surface area contributed by atoms with Crippen LogP contribution in [0, 0.1) is 23.2 Å². The highest BCUT2D eigenvalue weighted by molar-refractivity contribution is 5.82. The molecule has 1 heterocycles. The lowest BCUT2D eigenvalue weighted by molar-refractivity contribution is -0.158. The number of ether oxygens (including phenoxy) is 2. The lowest BCUT2D eigenvalue weighted by Gasteiger charge is -2.59. The second kappa shape index (κ2) is 6.32. The lowest BCUT2D eigenvalue weighted by atomic mass is 9.48. The van der Waals surface area contributed by atoms with E-state index in [9.17, 15) is 9.59 Å². The van der Waals surface area contributed by atoms with E-state index in [4.69, 9.17) is 9.47 Å². The van der Waals surface area contributed by atoms with Crippen LogP contribution in [0.25, 0.3) is 0 Å². The van der Waals surface area contributed by atoms with Crippen LogP contribution in [0.2, 0.25) is 0 Å². The van der Waals surface area contributed by atoms with Crippen LogP contribution in [0.3, 0.4) is 0 Å². The Labute approximate surface area is 143 Å². The summed E-state index contributed by atoms with van der Waals surface area (Å²) in [4.78, 5) is 24.1. The summed E-state index contributed by atoms with van der Waals surface area (Å²) in [5.41, 5.74) is 0.281. The van der Waals surface area contributed by atoms with Crippen molar-refractivity contribution >= 4 is 11.9 Å². The zero-order valence-corrected chi connectivity index (χ0v) is 14.6. The van der Waals surface area contributed by atoms with Crippen LogP contribution in [-0.2, 0) is 19.1 Å². The average molecular weight is 335 g/mol. The van der Waals surface area contributed by atoms with Gasteiger partial charge in [0.05, 0.1) is 0 Å². The molecule has 2 atom stereocenters. The molecule has 5 rings (SSSR count). The molecule has 0 aromatic heterocycles. The molecule has 5 aliphatic rings. The molecule has 4 aliphatic carbocycles. The number of nitrogens with one attached hydrogen (secondary N) is 1. The van der Waals surface area contributed by atoms with Crippen LogP contribution >= 0.6 is 0 Å². The Morgan fingerprint density at radius 3 is 2.33 bits per heavy atom. The molecule has 24 heavy (non-hydrogen) atoms. The van der Waals surface area contributed by atoms with Crippen molar-refractivity contribution in [2.24, 2.45) is 23.2 Å². The Morgan fingerprint density at radius 1 is 1.17 bits per heavy atom. The van der Waals surface area contributed by atoms with Gasteiger partial charge in [0, 0.05) is 12.6 Å². The fraction of sp³-hybridized carbons (Fsp3) is 0.895. The van der Waals surface area contributed by atoms with Gasteiger partial charge in [-0.15, -0.1) is 0 Å². The molecular weight excluding hydrogens is 306 g/mol. The molecule has 5 heteroatoms. The number of hydrogen-bond acceptors (Lipinski definition) is 4. The first-order valence-electron chi connectivity index (χ1n) is 9.62. The fourth-order valence-corrected chi connectivity index (χ4v) is 6.14. The molecule has 0 aromatic rings. The van der Waals surface area contributed by atoms with Crippen LogP contribution < -0.4 is 5.32 Å². The summed E-state index contributed by atoms with van der Waals surface area (Å²) in [5.74, 6) is 2.03. The summed E-state index contributed by atoms with van der Waals surface area (Å²) < 4.78 is 10.4. The number of hydrogen-bond donors (Lipinski definition) is 1. The Bertz CT molecular complexity index is 476. The van der Waals surface area contributed by atoms with Crippen LogP contribution in [0.15, 0.2) is 0 Å². The molecule has 0 unspecified atom stereocenters. The quantitative estimate of drug-likeness (QED) is 0.784. The van der Waals surface area contributed by atoms with Crippen LogP contribution in [0.1, 0.15) is 58.3 Å². The Hall–Kier alpha value is -1.10. The van der Waals surface area contributed by atoms with Crippen molar-refractivity contribution in [3.8, 4) is 0 Å². The monoisotopic (exact) mass is 335 g/mol. The molecule has 0 spiro atoms. The molecule has 4 saturated carbocycles. The maximum absolute atomic E-state index is 12.2. The highest BCUT2D eigenvalue weighted by Crippen LogP contribution is 2.61. The van der Waals surface area contributed by atoms with E-state index in [1.165, 1.54) is 38.5 Å². The van der Waals surface area contributed by atoms with Gasteiger partial charge in [-0.05, 0) is 81.5 Å². The summed E-state index contributed by atoms with van der Waals surface area (Å²) in [6.07, 6.45) is 9.09. The Balaban J connectivity index is 1.28. The molecule has 134 valence electrons. The summed E-state index contributed by atoms with van der Waals surface area (Å²) in [5, 5.41) is 3.13. The Kier molecular flexibility index (Phi) is 4.31. The fourth-order valence-electron chi connectivity index (χ4n) is 6.14. The summed E-state index contributed by atoms with van der Waals surface area (Å²) in [6.45, 7) is 2.57. The predicted molar refractivity (Wildman–Crippen MR) is 88.1 cm³/mol. The van der Waals surface area contributed by atoms with Gasteiger partial charge in [0.15, 0.2) is 12.7 Å². The summed E-state index contributed by atoms with van der Waals surface area (Å²) in [7, 11) is 0. The average Bonchev–Trinajstić information content (AvgIpc) is 3.05. The van der Waals surface area contributed by atoms with Crippen molar-refractivity contribution in [2.45, 2.75) is 70.4 Å². The van der Waals surface area contributed by atoms with Gasteiger partial charge in [-0.1, -0.05) is 0 Å². The van der Waals surface area contributed by atoms with Gasteiger partial charge in [0.25, 0.3) is 5.91 Å². The van der Waals surface area contributed by atoms with Crippen LogP contribution in [-0.4, -0.2) is 37.2 Å².